The molecule has 0 fully saturated rings. The predicted octanol–water partition coefficient (Wildman–Crippen LogP) is 6.85. The third-order valence-corrected chi connectivity index (χ3v) is 8.80. The van der Waals surface area contributed by atoms with E-state index in [2.05, 4.69) is 23.2 Å². The Bertz CT molecular complexity index is 1330. The second kappa shape index (κ2) is 18.9. The van der Waals surface area contributed by atoms with E-state index in [4.69, 9.17) is 19.0 Å². The van der Waals surface area contributed by atoms with Crippen molar-refractivity contribution >= 4 is 5.91 Å². The monoisotopic (exact) mass is 654 g/mol. The highest BCUT2D eigenvalue weighted by Crippen LogP contribution is 2.39. The summed E-state index contributed by atoms with van der Waals surface area (Å²) in [7, 11) is 5.26. The van der Waals surface area contributed by atoms with Gasteiger partial charge in [-0.05, 0) is 75.5 Å². The molecule has 0 aromatic heterocycles. The first kappa shape index (κ1) is 39.1. The maximum Gasteiger partial charge on any atom is 0.298 e. The van der Waals surface area contributed by atoms with Crippen LogP contribution < -0.4 is 19.5 Å². The number of methoxy groups -OCH3 is 2. The van der Waals surface area contributed by atoms with Gasteiger partial charge in [-0.25, -0.2) is 0 Å². The molecule has 11 nitrogen and oxygen atoms in total. The fourth-order valence-corrected chi connectivity index (χ4v) is 6.06. The van der Waals surface area contributed by atoms with Crippen molar-refractivity contribution in [2.45, 2.75) is 103 Å². The summed E-state index contributed by atoms with van der Waals surface area (Å²) in [4.78, 5) is 30.8. The number of amides is 1. The number of likely N-dealkylation sites (N-methyl/N-ethyl adjacent to an activating group) is 1. The van der Waals surface area contributed by atoms with Gasteiger partial charge in [0.2, 0.25) is 5.91 Å². The average molecular weight is 655 g/mol. The standard InChI is InChI=1S/C36H54N4O7/c1-9-10-11-14-21-35(26-37,31-18-19-33(44-7)34(25-31)45-8)22-15-23-39(6)24-20-30-16-12-13-17-32(30)46-36(27(2)3,47-40(42)43)28(4)38-29(5)41/h12-13,16-19,25,27-28H,9-11,14-15,20-24H2,1-8H3,(H,38,41). The minimum absolute atomic E-state index is 0.347. The third-order valence-electron chi connectivity index (χ3n) is 8.80. The summed E-state index contributed by atoms with van der Waals surface area (Å²) in [6.45, 7) is 10.1. The summed E-state index contributed by atoms with van der Waals surface area (Å²) in [6.07, 6.45) is 7.23. The van der Waals surface area contributed by atoms with Crippen LogP contribution in [0.3, 0.4) is 0 Å². The van der Waals surface area contributed by atoms with Crippen LogP contribution in [0.1, 0.15) is 90.7 Å². The number of hydrogen-bond donors (Lipinski definition) is 1. The largest absolute Gasteiger partial charge is 0.493 e. The number of nitrogens with zero attached hydrogens (tertiary/aromatic N) is 3. The van der Waals surface area contributed by atoms with E-state index in [9.17, 15) is 20.2 Å². The molecule has 0 saturated heterocycles. The van der Waals surface area contributed by atoms with Crippen molar-refractivity contribution in [1.82, 2.24) is 10.2 Å². The number of carbonyl (C=O) groups excluding carboxylic acids is 1. The van der Waals surface area contributed by atoms with Gasteiger partial charge in [0, 0.05) is 19.4 Å². The van der Waals surface area contributed by atoms with Gasteiger partial charge in [0.25, 0.3) is 10.9 Å². The summed E-state index contributed by atoms with van der Waals surface area (Å²) in [5, 5.41) is 24.0. The zero-order valence-electron chi connectivity index (χ0n) is 29.5. The molecule has 2 aromatic carbocycles. The Kier molecular flexibility index (Phi) is 15.8. The summed E-state index contributed by atoms with van der Waals surface area (Å²) >= 11 is 0. The Morgan fingerprint density at radius 3 is 2.28 bits per heavy atom. The number of unbranched alkanes of at least 4 members (excludes halogenated alkanes) is 3. The van der Waals surface area contributed by atoms with Crippen molar-refractivity contribution in [3.8, 4) is 23.3 Å². The highest BCUT2D eigenvalue weighted by molar-refractivity contribution is 5.73. The first-order valence-corrected chi connectivity index (χ1v) is 16.6. The molecule has 3 unspecified atom stereocenters. The van der Waals surface area contributed by atoms with Gasteiger partial charge in [-0.15, -0.1) is 10.1 Å². The second-order valence-corrected chi connectivity index (χ2v) is 12.6. The van der Waals surface area contributed by atoms with E-state index in [1.54, 1.807) is 47.1 Å². The highest BCUT2D eigenvalue weighted by Gasteiger charge is 2.47. The molecule has 0 radical (unpaired) electrons. The lowest BCUT2D eigenvalue weighted by Gasteiger charge is -2.40. The minimum Gasteiger partial charge on any atom is -0.493 e. The molecule has 3 atom stereocenters. The van der Waals surface area contributed by atoms with Gasteiger partial charge in [0.05, 0.1) is 31.7 Å². The van der Waals surface area contributed by atoms with E-state index in [-0.39, 0.29) is 5.91 Å². The zero-order valence-corrected chi connectivity index (χ0v) is 29.5. The first-order chi connectivity index (χ1) is 22.4. The van der Waals surface area contributed by atoms with Crippen molar-refractivity contribution < 1.29 is 28.9 Å². The SMILES string of the molecule is CCCCCCC(C#N)(CCCN(C)CCc1ccccc1OC(O[N+](=O)[O-])(C(C)C)C(C)NC(C)=O)c1ccc(OC)c(OC)c1. The average Bonchev–Trinajstić information content (AvgIpc) is 3.04. The Balaban J connectivity index is 2.20. The van der Waals surface area contributed by atoms with E-state index < -0.39 is 28.2 Å². The van der Waals surface area contributed by atoms with E-state index in [0.717, 1.165) is 56.2 Å². The van der Waals surface area contributed by atoms with Gasteiger partial charge in [0.15, 0.2) is 11.5 Å². The van der Waals surface area contributed by atoms with Crippen LogP contribution in [0.2, 0.25) is 0 Å². The molecule has 2 rings (SSSR count). The van der Waals surface area contributed by atoms with Gasteiger partial charge >= 0.3 is 0 Å². The van der Waals surface area contributed by atoms with Gasteiger partial charge in [-0.3, -0.25) is 9.63 Å². The number of nitriles is 1. The molecule has 260 valence electrons. The second-order valence-electron chi connectivity index (χ2n) is 12.6. The van der Waals surface area contributed by atoms with E-state index in [1.165, 1.54) is 6.92 Å². The lowest BCUT2D eigenvalue weighted by molar-refractivity contribution is -0.797. The Labute approximate surface area is 280 Å². The lowest BCUT2D eigenvalue weighted by Crippen LogP contribution is -2.60. The maximum atomic E-state index is 11.9. The van der Waals surface area contributed by atoms with Gasteiger partial charge < -0.3 is 24.4 Å². The smallest absolute Gasteiger partial charge is 0.298 e. The maximum absolute atomic E-state index is 11.9. The highest BCUT2D eigenvalue weighted by atomic mass is 17.0. The molecule has 1 N–H and O–H groups in total. The van der Waals surface area contributed by atoms with E-state index in [0.29, 0.717) is 36.6 Å². The fourth-order valence-electron chi connectivity index (χ4n) is 6.06. The number of ether oxygens (including phenoxy) is 3. The topological polar surface area (TPSA) is 136 Å². The molecule has 0 aliphatic carbocycles. The molecule has 0 aliphatic rings. The number of hydrogen-bond acceptors (Lipinski definition) is 9. The van der Waals surface area contributed by atoms with Crippen LogP contribution >= 0.6 is 0 Å². The number of benzene rings is 2. The van der Waals surface area contributed by atoms with E-state index in [1.807, 2.05) is 37.4 Å². The fraction of sp³-hybridized carbons (Fsp3) is 0.611. The van der Waals surface area contributed by atoms with Crippen LogP contribution in [0, 0.1) is 27.4 Å². The molecule has 47 heavy (non-hydrogen) atoms. The molecular formula is C36H54N4O7. The van der Waals surface area contributed by atoms with Crippen LogP contribution in [0.5, 0.6) is 17.2 Å². The molecule has 0 aliphatic heterocycles. The first-order valence-electron chi connectivity index (χ1n) is 16.6. The number of nitrogens with one attached hydrogen (secondary N) is 1. The quantitative estimate of drug-likeness (QED) is 0.0625. The summed E-state index contributed by atoms with van der Waals surface area (Å²) < 4.78 is 17.3. The van der Waals surface area contributed by atoms with Crippen molar-refractivity contribution in [3.63, 3.8) is 0 Å². The normalized spacial score (nSPS) is 14.4. The Morgan fingerprint density at radius 2 is 1.68 bits per heavy atom. The number of rotatable bonds is 22. The van der Waals surface area contributed by atoms with Crippen LogP contribution in [-0.2, 0) is 21.5 Å². The Hall–Kier alpha value is -4.04. The van der Waals surface area contributed by atoms with Crippen molar-refractivity contribution in [2.75, 3.05) is 34.4 Å². The van der Waals surface area contributed by atoms with Crippen molar-refractivity contribution in [2.24, 2.45) is 5.92 Å². The molecule has 0 heterocycles. The van der Waals surface area contributed by atoms with Crippen molar-refractivity contribution in [1.29, 1.82) is 5.26 Å². The van der Waals surface area contributed by atoms with Gasteiger partial charge in [0.1, 0.15) is 5.75 Å². The minimum atomic E-state index is -1.74. The van der Waals surface area contributed by atoms with Crippen LogP contribution in [-0.4, -0.2) is 62.1 Å². The molecule has 0 saturated carbocycles. The third kappa shape index (κ3) is 11.0. The van der Waals surface area contributed by atoms with Crippen molar-refractivity contribution in [3.05, 3.63) is 63.7 Å². The molecule has 11 heteroatoms. The molecule has 2 aromatic rings. The number of carbonyl (C=O) groups is 1. The van der Waals surface area contributed by atoms with E-state index >= 15 is 0 Å². The van der Waals surface area contributed by atoms with Crippen LogP contribution in [0.15, 0.2) is 42.5 Å². The molecule has 1 amide bonds. The van der Waals surface area contributed by atoms with Gasteiger partial charge in [-0.2, -0.15) is 5.26 Å². The molecular weight excluding hydrogens is 600 g/mol. The predicted molar refractivity (Wildman–Crippen MR) is 182 cm³/mol. The number of para-hydroxylation sites is 1. The summed E-state index contributed by atoms with van der Waals surface area (Å²) in [5.41, 5.74) is 1.16. The molecule has 0 bridgehead atoms. The zero-order chi connectivity index (χ0) is 35.0. The van der Waals surface area contributed by atoms with Gasteiger partial charge in [-0.1, -0.05) is 70.7 Å². The van der Waals surface area contributed by atoms with Crippen LogP contribution in [0.4, 0.5) is 0 Å². The summed E-state index contributed by atoms with van der Waals surface area (Å²) in [5.74, 6) is -0.846. The Morgan fingerprint density at radius 1 is 1.00 bits per heavy atom. The summed E-state index contributed by atoms with van der Waals surface area (Å²) in [6, 6.07) is 15.1. The molecule has 0 spiro atoms. The lowest BCUT2D eigenvalue weighted by atomic mass is 9.74. The van der Waals surface area contributed by atoms with Crippen LogP contribution in [0.25, 0.3) is 0 Å².